The number of benzene rings is 3. The van der Waals surface area contributed by atoms with Gasteiger partial charge in [-0.15, -0.1) is 0 Å². The van der Waals surface area contributed by atoms with Crippen molar-refractivity contribution in [1.82, 2.24) is 14.5 Å². The topological polar surface area (TPSA) is 95.7 Å². The van der Waals surface area contributed by atoms with Gasteiger partial charge in [0, 0.05) is 30.7 Å². The molecule has 1 N–H and O–H groups in total. The van der Waals surface area contributed by atoms with Gasteiger partial charge in [-0.25, -0.2) is 27.9 Å². The molecule has 6 rings (SSSR count). The van der Waals surface area contributed by atoms with Gasteiger partial charge < -0.3 is 23.9 Å². The molecule has 0 radical (unpaired) electrons. The van der Waals surface area contributed by atoms with Gasteiger partial charge in [-0.3, -0.25) is 0 Å². The molecule has 1 fully saturated rings. The van der Waals surface area contributed by atoms with E-state index >= 15 is 8.78 Å². The molecule has 1 aliphatic heterocycles. The number of carbonyl (C=O) groups is 1. The van der Waals surface area contributed by atoms with Gasteiger partial charge in [-0.1, -0.05) is 18.2 Å². The predicted octanol–water partition coefficient (Wildman–Crippen LogP) is 6.28. The summed E-state index contributed by atoms with van der Waals surface area (Å²) in [7, 11) is 1.55. The summed E-state index contributed by atoms with van der Waals surface area (Å²) in [4.78, 5) is 20.6. The number of rotatable bonds is 9. The van der Waals surface area contributed by atoms with Crippen molar-refractivity contribution in [2.45, 2.75) is 32.1 Å². The Morgan fingerprint density at radius 3 is 2.57 bits per heavy atom. The van der Waals surface area contributed by atoms with Crippen LogP contribution in [0, 0.1) is 24.4 Å². The molecule has 0 saturated carbocycles. The smallest absolute Gasteiger partial charge is 0.335 e. The lowest BCUT2D eigenvalue weighted by Gasteiger charge is -2.21. The normalized spacial score (nSPS) is 16.5. The fraction of sp³-hybridized carbons (Fsp3) is 0.242. The van der Waals surface area contributed by atoms with Gasteiger partial charge >= 0.3 is 5.97 Å². The Morgan fingerprint density at radius 1 is 0.977 bits per heavy atom. The van der Waals surface area contributed by atoms with Crippen LogP contribution in [0.2, 0.25) is 0 Å². The summed E-state index contributed by atoms with van der Waals surface area (Å²) in [5.41, 5.74) is 2.37. The Bertz CT molecular complexity index is 1880. The quantitative estimate of drug-likeness (QED) is 0.212. The Balaban J connectivity index is 1.30. The first kappa shape index (κ1) is 29.3. The van der Waals surface area contributed by atoms with Crippen LogP contribution in [0.4, 0.5) is 13.2 Å². The molecule has 0 aliphatic carbocycles. The highest BCUT2D eigenvalue weighted by Gasteiger charge is 2.33. The Labute approximate surface area is 250 Å². The van der Waals surface area contributed by atoms with Crippen LogP contribution in [0.1, 0.15) is 38.9 Å². The standard InChI is InChI=1S/C33H28F3N3O5/c1-18-6-7-20(23(34)10-18)15-44-32-5-3-4-26(38-32)22-14-24(35)21(11-25(22)36)13-31-37-27-9-8-19(33(40)41)12-28(27)39(31)29-16-43-17-30(29)42-2/h3-12,14,29-30H,13,15-17H2,1-2H3,(H,40,41)/t29-,30-/m0/s1. The van der Waals surface area contributed by atoms with E-state index in [2.05, 4.69) is 9.97 Å². The molecular formula is C33H28F3N3O5. The maximum atomic E-state index is 15.6. The number of fused-ring (bicyclic) bond motifs is 1. The number of hydrogen-bond acceptors (Lipinski definition) is 6. The summed E-state index contributed by atoms with van der Waals surface area (Å²) in [5.74, 6) is -2.34. The Morgan fingerprint density at radius 2 is 1.80 bits per heavy atom. The summed E-state index contributed by atoms with van der Waals surface area (Å²) < 4.78 is 64.0. The summed E-state index contributed by atoms with van der Waals surface area (Å²) in [6, 6.07) is 15.8. The number of nitrogens with zero attached hydrogens (tertiary/aromatic N) is 3. The molecule has 8 nitrogen and oxygen atoms in total. The van der Waals surface area contributed by atoms with E-state index in [1.807, 2.05) is 0 Å². The molecule has 3 heterocycles. The molecular weight excluding hydrogens is 575 g/mol. The van der Waals surface area contributed by atoms with Crippen LogP contribution in [0.25, 0.3) is 22.3 Å². The van der Waals surface area contributed by atoms with E-state index < -0.39 is 23.4 Å². The average Bonchev–Trinajstić information content (AvgIpc) is 3.61. The number of aryl methyl sites for hydroxylation is 1. The number of ether oxygens (including phenoxy) is 3. The number of carboxylic acids is 1. The van der Waals surface area contributed by atoms with Gasteiger partial charge in [-0.2, -0.15) is 0 Å². The second-order valence-corrected chi connectivity index (χ2v) is 10.6. The molecule has 0 bridgehead atoms. The summed E-state index contributed by atoms with van der Waals surface area (Å²) in [5, 5.41) is 9.55. The molecule has 0 amide bonds. The number of imidazole rings is 1. The first-order chi connectivity index (χ1) is 21.2. The van der Waals surface area contributed by atoms with E-state index in [1.54, 1.807) is 48.9 Å². The molecule has 5 aromatic rings. The molecule has 11 heteroatoms. The number of carboxylic acid groups (broad SMARTS) is 1. The summed E-state index contributed by atoms with van der Waals surface area (Å²) in [6.07, 6.45) is -0.419. The minimum atomic E-state index is -1.10. The number of aromatic nitrogens is 3. The molecule has 44 heavy (non-hydrogen) atoms. The third-order valence-electron chi connectivity index (χ3n) is 7.71. The van der Waals surface area contributed by atoms with Gasteiger partial charge in [0.25, 0.3) is 0 Å². The van der Waals surface area contributed by atoms with Gasteiger partial charge in [-0.05, 0) is 60.5 Å². The molecule has 1 saturated heterocycles. The van der Waals surface area contributed by atoms with E-state index in [1.165, 1.54) is 24.3 Å². The number of hydrogen-bond donors (Lipinski definition) is 1. The van der Waals surface area contributed by atoms with Crippen LogP contribution in [0.3, 0.4) is 0 Å². The van der Waals surface area contributed by atoms with E-state index in [-0.39, 0.29) is 60.0 Å². The minimum Gasteiger partial charge on any atom is -0.478 e. The second-order valence-electron chi connectivity index (χ2n) is 10.6. The number of methoxy groups -OCH3 is 1. The van der Waals surface area contributed by atoms with Crippen LogP contribution in [-0.2, 0) is 22.5 Å². The molecule has 3 aromatic carbocycles. The molecule has 0 unspecified atom stereocenters. The lowest BCUT2D eigenvalue weighted by Crippen LogP contribution is -2.26. The van der Waals surface area contributed by atoms with Crippen molar-refractivity contribution in [2.24, 2.45) is 0 Å². The van der Waals surface area contributed by atoms with Gasteiger partial charge in [0.15, 0.2) is 0 Å². The Hall–Kier alpha value is -4.74. The Kier molecular flexibility index (Phi) is 8.07. The largest absolute Gasteiger partial charge is 0.478 e. The third-order valence-corrected chi connectivity index (χ3v) is 7.71. The first-order valence-corrected chi connectivity index (χ1v) is 13.9. The molecule has 1 aliphatic rings. The summed E-state index contributed by atoms with van der Waals surface area (Å²) in [6.45, 7) is 2.31. The van der Waals surface area contributed by atoms with Crippen LogP contribution >= 0.6 is 0 Å². The number of aromatic carboxylic acids is 1. The molecule has 2 atom stereocenters. The highest BCUT2D eigenvalue weighted by atomic mass is 19.1. The SMILES string of the molecule is CO[C@H]1COC[C@@H]1n1c(Cc2cc(F)c(-c3cccc(OCc4ccc(C)cc4F)n3)cc2F)nc2ccc(C(=O)O)cc21. The van der Waals surface area contributed by atoms with Crippen LogP contribution in [0.15, 0.2) is 66.7 Å². The zero-order chi connectivity index (χ0) is 31.0. The zero-order valence-corrected chi connectivity index (χ0v) is 23.9. The second kappa shape index (κ2) is 12.1. The highest BCUT2D eigenvalue weighted by Crippen LogP contribution is 2.32. The van der Waals surface area contributed by atoms with Crippen molar-refractivity contribution < 1.29 is 37.3 Å². The summed E-state index contributed by atoms with van der Waals surface area (Å²) >= 11 is 0. The van der Waals surface area contributed by atoms with E-state index in [0.717, 1.165) is 17.7 Å². The van der Waals surface area contributed by atoms with E-state index in [4.69, 9.17) is 14.2 Å². The van der Waals surface area contributed by atoms with Crippen molar-refractivity contribution in [3.8, 4) is 17.1 Å². The number of pyridine rings is 1. The van der Waals surface area contributed by atoms with E-state index in [0.29, 0.717) is 29.0 Å². The van der Waals surface area contributed by atoms with Crippen molar-refractivity contribution in [1.29, 1.82) is 0 Å². The van der Waals surface area contributed by atoms with Gasteiger partial charge in [0.2, 0.25) is 5.88 Å². The van der Waals surface area contributed by atoms with Crippen LogP contribution in [0.5, 0.6) is 5.88 Å². The zero-order valence-electron chi connectivity index (χ0n) is 23.9. The maximum Gasteiger partial charge on any atom is 0.335 e. The predicted molar refractivity (Wildman–Crippen MR) is 155 cm³/mol. The first-order valence-electron chi connectivity index (χ1n) is 13.9. The van der Waals surface area contributed by atoms with E-state index in [9.17, 15) is 14.3 Å². The minimum absolute atomic E-state index is 0.0522. The van der Waals surface area contributed by atoms with Gasteiger partial charge in [0.1, 0.15) is 36.0 Å². The fourth-order valence-corrected chi connectivity index (χ4v) is 5.42. The number of halogens is 3. The van der Waals surface area contributed by atoms with Crippen molar-refractivity contribution in [3.63, 3.8) is 0 Å². The van der Waals surface area contributed by atoms with Crippen molar-refractivity contribution >= 4 is 17.0 Å². The average molecular weight is 604 g/mol. The highest BCUT2D eigenvalue weighted by molar-refractivity contribution is 5.92. The van der Waals surface area contributed by atoms with Crippen LogP contribution < -0.4 is 4.74 Å². The monoisotopic (exact) mass is 603 g/mol. The van der Waals surface area contributed by atoms with Gasteiger partial charge in [0.05, 0.1) is 41.5 Å². The molecule has 226 valence electrons. The fourth-order valence-electron chi connectivity index (χ4n) is 5.42. The lowest BCUT2D eigenvalue weighted by molar-refractivity contribution is 0.0687. The van der Waals surface area contributed by atoms with Crippen LogP contribution in [-0.4, -0.2) is 52.0 Å². The molecule has 0 spiro atoms. The van der Waals surface area contributed by atoms with Crippen molar-refractivity contribution in [3.05, 3.63) is 112 Å². The maximum absolute atomic E-state index is 15.6. The third kappa shape index (κ3) is 5.76. The molecule has 2 aromatic heterocycles. The van der Waals surface area contributed by atoms with Crippen molar-refractivity contribution in [2.75, 3.05) is 20.3 Å². The lowest BCUT2D eigenvalue weighted by atomic mass is 10.0.